The van der Waals surface area contributed by atoms with E-state index in [1.165, 1.54) is 0 Å². The van der Waals surface area contributed by atoms with Gasteiger partial charge in [0.2, 0.25) is 0 Å². The molecule has 0 spiro atoms. The summed E-state index contributed by atoms with van der Waals surface area (Å²) in [4.78, 5) is 8.86. The number of rotatable bonds is 1. The number of para-hydroxylation sites is 1. The van der Waals surface area contributed by atoms with E-state index in [1.54, 1.807) is 0 Å². The average molecular weight is 288 g/mol. The molecule has 0 radical (unpaired) electrons. The van der Waals surface area contributed by atoms with Gasteiger partial charge in [-0.1, -0.05) is 18.2 Å². The predicted molar refractivity (Wildman–Crippen MR) is 71.6 cm³/mol. The molecule has 0 aliphatic carbocycles. The molecule has 1 aromatic carbocycles. The molecule has 3 aromatic rings. The minimum absolute atomic E-state index is 0.820. The van der Waals surface area contributed by atoms with Crippen LogP contribution >= 0.6 is 15.9 Å². The molecule has 17 heavy (non-hydrogen) atoms. The highest BCUT2D eigenvalue weighted by Gasteiger charge is 2.06. The van der Waals surface area contributed by atoms with Crippen molar-refractivity contribution in [3.8, 4) is 11.3 Å². The van der Waals surface area contributed by atoms with E-state index in [9.17, 15) is 0 Å². The molecule has 3 rings (SSSR count). The van der Waals surface area contributed by atoms with Crippen LogP contribution in [0.3, 0.4) is 0 Å². The summed E-state index contributed by atoms with van der Waals surface area (Å²) >= 11 is 3.39. The number of benzene rings is 1. The number of halogens is 1. The van der Waals surface area contributed by atoms with Gasteiger partial charge in [0, 0.05) is 30.4 Å². The lowest BCUT2D eigenvalue weighted by atomic mass is 10.1. The van der Waals surface area contributed by atoms with E-state index in [1.807, 2.05) is 42.2 Å². The largest absolute Gasteiger partial charge is 0.328 e. The van der Waals surface area contributed by atoms with Gasteiger partial charge in [-0.05, 0) is 28.1 Å². The van der Waals surface area contributed by atoms with Gasteiger partial charge in [-0.2, -0.15) is 0 Å². The molecule has 2 aromatic heterocycles. The Hall–Kier alpha value is -1.68. The predicted octanol–water partition coefficient (Wildman–Crippen LogP) is 3.40. The number of imidazole rings is 1. The van der Waals surface area contributed by atoms with Crippen molar-refractivity contribution in [3.05, 3.63) is 47.5 Å². The minimum atomic E-state index is 0.820. The van der Waals surface area contributed by atoms with E-state index >= 15 is 0 Å². The first-order valence-corrected chi connectivity index (χ1v) is 6.07. The monoisotopic (exact) mass is 287 g/mol. The summed E-state index contributed by atoms with van der Waals surface area (Å²) in [5.74, 6) is 0. The maximum absolute atomic E-state index is 4.43. The molecule has 4 heteroatoms. The maximum atomic E-state index is 4.43. The first kappa shape index (κ1) is 10.5. The molecule has 0 aliphatic heterocycles. The molecule has 3 nitrogen and oxygen atoms in total. The molecule has 0 N–H and O–H groups in total. The fraction of sp³-hybridized carbons (Fsp3) is 0.0769. The summed E-state index contributed by atoms with van der Waals surface area (Å²) < 4.78 is 2.76. The lowest BCUT2D eigenvalue weighted by molar-refractivity contribution is 0.881. The third kappa shape index (κ3) is 1.85. The molecular weight excluding hydrogens is 278 g/mol. The number of hydrogen-bond acceptors (Lipinski definition) is 2. The Labute approximate surface area is 107 Å². The molecule has 84 valence electrons. The Kier molecular flexibility index (Phi) is 2.44. The van der Waals surface area contributed by atoms with Gasteiger partial charge in [-0.25, -0.2) is 4.98 Å². The Morgan fingerprint density at radius 2 is 2.06 bits per heavy atom. The highest BCUT2D eigenvalue weighted by atomic mass is 79.9. The molecule has 0 atom stereocenters. The lowest BCUT2D eigenvalue weighted by Gasteiger charge is -1.99. The van der Waals surface area contributed by atoms with Gasteiger partial charge in [0.1, 0.15) is 0 Å². The summed E-state index contributed by atoms with van der Waals surface area (Å²) in [6.07, 6.45) is 3.84. The van der Waals surface area contributed by atoms with E-state index in [2.05, 4.69) is 38.0 Å². The molecule has 0 amide bonds. The molecular formula is C13H10BrN3. The van der Waals surface area contributed by atoms with Crippen molar-refractivity contribution in [1.82, 2.24) is 14.5 Å². The quantitative estimate of drug-likeness (QED) is 0.687. The van der Waals surface area contributed by atoms with Crippen molar-refractivity contribution in [1.29, 1.82) is 0 Å². The van der Waals surface area contributed by atoms with E-state index < -0.39 is 0 Å². The molecule has 0 saturated heterocycles. The Morgan fingerprint density at radius 1 is 1.24 bits per heavy atom. The molecule has 0 bridgehead atoms. The van der Waals surface area contributed by atoms with Gasteiger partial charge in [0.25, 0.3) is 0 Å². The van der Waals surface area contributed by atoms with Crippen LogP contribution in [0, 0.1) is 0 Å². The normalized spacial score (nSPS) is 10.9. The zero-order chi connectivity index (χ0) is 11.8. The van der Waals surface area contributed by atoms with Gasteiger partial charge in [0.15, 0.2) is 4.73 Å². The van der Waals surface area contributed by atoms with Crippen molar-refractivity contribution in [2.24, 2.45) is 7.05 Å². The van der Waals surface area contributed by atoms with E-state index in [4.69, 9.17) is 0 Å². The Balaban J connectivity index is 2.17. The maximum Gasteiger partial charge on any atom is 0.177 e. The summed E-state index contributed by atoms with van der Waals surface area (Å²) in [7, 11) is 1.95. The van der Waals surface area contributed by atoms with Crippen molar-refractivity contribution in [2.75, 3.05) is 0 Å². The fourth-order valence-electron chi connectivity index (χ4n) is 1.79. The van der Waals surface area contributed by atoms with Gasteiger partial charge in [0.05, 0.1) is 11.2 Å². The van der Waals surface area contributed by atoms with Crippen molar-refractivity contribution >= 4 is 26.8 Å². The number of fused-ring (bicyclic) bond motifs is 1. The van der Waals surface area contributed by atoms with E-state index in [0.29, 0.717) is 0 Å². The number of hydrogen-bond donors (Lipinski definition) is 0. The molecule has 0 fully saturated rings. The average Bonchev–Trinajstić information content (AvgIpc) is 2.69. The highest BCUT2D eigenvalue weighted by molar-refractivity contribution is 9.10. The first-order valence-electron chi connectivity index (χ1n) is 5.28. The van der Waals surface area contributed by atoms with Gasteiger partial charge in [-0.15, -0.1) is 0 Å². The highest BCUT2D eigenvalue weighted by Crippen LogP contribution is 2.23. The minimum Gasteiger partial charge on any atom is -0.328 e. The van der Waals surface area contributed by atoms with Crippen LogP contribution in [0.15, 0.2) is 47.5 Å². The second kappa shape index (κ2) is 3.96. The van der Waals surface area contributed by atoms with E-state index in [0.717, 1.165) is 26.9 Å². The standard InChI is InChI=1S/C13H10BrN3/c1-17-8-12(16-13(17)14)10-6-9-4-2-3-5-11(9)15-7-10/h2-8H,1H3. The summed E-state index contributed by atoms with van der Waals surface area (Å²) in [6.45, 7) is 0. The van der Waals surface area contributed by atoms with Gasteiger partial charge >= 0.3 is 0 Å². The van der Waals surface area contributed by atoms with Crippen LogP contribution < -0.4 is 0 Å². The van der Waals surface area contributed by atoms with Crippen molar-refractivity contribution in [3.63, 3.8) is 0 Å². The fourth-order valence-corrected chi connectivity index (χ4v) is 2.09. The third-order valence-electron chi connectivity index (χ3n) is 2.71. The second-order valence-corrected chi connectivity index (χ2v) is 4.63. The lowest BCUT2D eigenvalue weighted by Crippen LogP contribution is -1.83. The SMILES string of the molecule is Cn1cc(-c2cnc3ccccc3c2)nc1Br. The smallest absolute Gasteiger partial charge is 0.177 e. The van der Waals surface area contributed by atoms with Crippen LogP contribution in [0.2, 0.25) is 0 Å². The Bertz CT molecular complexity index is 668. The van der Waals surface area contributed by atoms with Crippen LogP contribution in [0.4, 0.5) is 0 Å². The second-order valence-electron chi connectivity index (χ2n) is 3.92. The molecule has 0 saturated carbocycles. The van der Waals surface area contributed by atoms with Crippen molar-refractivity contribution in [2.45, 2.75) is 0 Å². The zero-order valence-electron chi connectivity index (χ0n) is 9.26. The zero-order valence-corrected chi connectivity index (χ0v) is 10.8. The van der Waals surface area contributed by atoms with Crippen LogP contribution in [-0.4, -0.2) is 14.5 Å². The molecule has 0 unspecified atom stereocenters. The summed E-state index contributed by atoms with van der Waals surface area (Å²) in [5.41, 5.74) is 2.97. The third-order valence-corrected chi connectivity index (χ3v) is 3.44. The molecule has 2 heterocycles. The Morgan fingerprint density at radius 3 is 2.82 bits per heavy atom. The number of aryl methyl sites for hydroxylation is 1. The summed E-state index contributed by atoms with van der Waals surface area (Å²) in [6, 6.07) is 10.2. The summed E-state index contributed by atoms with van der Waals surface area (Å²) in [5, 5.41) is 1.13. The van der Waals surface area contributed by atoms with Gasteiger partial charge < -0.3 is 4.57 Å². The first-order chi connectivity index (χ1) is 8.24. The van der Waals surface area contributed by atoms with Crippen LogP contribution in [0.25, 0.3) is 22.2 Å². The molecule has 0 aliphatic rings. The van der Waals surface area contributed by atoms with Crippen LogP contribution in [-0.2, 0) is 7.05 Å². The number of aromatic nitrogens is 3. The number of pyridine rings is 1. The van der Waals surface area contributed by atoms with Gasteiger partial charge in [-0.3, -0.25) is 4.98 Å². The van der Waals surface area contributed by atoms with Crippen LogP contribution in [0.5, 0.6) is 0 Å². The topological polar surface area (TPSA) is 30.7 Å². The van der Waals surface area contributed by atoms with Crippen molar-refractivity contribution < 1.29 is 0 Å². The number of nitrogens with zero attached hydrogens (tertiary/aromatic N) is 3. The van der Waals surface area contributed by atoms with Crippen LogP contribution in [0.1, 0.15) is 0 Å². The van der Waals surface area contributed by atoms with E-state index in [-0.39, 0.29) is 0 Å².